The molecule has 0 fully saturated rings. The highest BCUT2D eigenvalue weighted by Crippen LogP contribution is 2.07. The summed E-state index contributed by atoms with van der Waals surface area (Å²) in [4.78, 5) is 22.9. The van der Waals surface area contributed by atoms with Gasteiger partial charge in [-0.25, -0.2) is 4.98 Å². The number of carboxylic acid groups (broad SMARTS) is 1. The average Bonchev–Trinajstić information content (AvgIpc) is 2.28. The first kappa shape index (κ1) is 10.4. The number of nitrogens with two attached hydrogens (primary N) is 1. The summed E-state index contributed by atoms with van der Waals surface area (Å²) in [5, 5.41) is 8.67. The molecule has 0 aliphatic heterocycles. The standard InChI is InChI=1S/C10H10N4O2/c11-7(10(15)16)3-6-4-13-8-1-2-12-5-9(8)14-6/h1-2,4-5,7H,3,11H2,(H,15,16). The molecule has 0 bridgehead atoms. The molecule has 6 heteroatoms. The Morgan fingerprint density at radius 3 is 3.00 bits per heavy atom. The van der Waals surface area contributed by atoms with Crippen LogP contribution >= 0.6 is 0 Å². The van der Waals surface area contributed by atoms with Crippen molar-refractivity contribution in [3.8, 4) is 0 Å². The first-order chi connectivity index (χ1) is 7.66. The molecule has 1 atom stereocenters. The SMILES string of the molecule is NC(Cc1cnc2ccncc2n1)C(=O)O. The van der Waals surface area contributed by atoms with Crippen LogP contribution in [0.1, 0.15) is 5.69 Å². The van der Waals surface area contributed by atoms with Crippen molar-refractivity contribution in [3.63, 3.8) is 0 Å². The Morgan fingerprint density at radius 1 is 1.44 bits per heavy atom. The second-order valence-electron chi connectivity index (χ2n) is 3.37. The third-order valence-electron chi connectivity index (χ3n) is 2.14. The number of carboxylic acids is 1. The van der Waals surface area contributed by atoms with Gasteiger partial charge >= 0.3 is 5.97 Å². The van der Waals surface area contributed by atoms with Crippen LogP contribution in [0.4, 0.5) is 0 Å². The van der Waals surface area contributed by atoms with E-state index < -0.39 is 12.0 Å². The van der Waals surface area contributed by atoms with Gasteiger partial charge in [0, 0.05) is 18.8 Å². The van der Waals surface area contributed by atoms with E-state index in [1.54, 1.807) is 18.5 Å². The van der Waals surface area contributed by atoms with Crippen molar-refractivity contribution < 1.29 is 9.90 Å². The van der Waals surface area contributed by atoms with E-state index in [9.17, 15) is 4.79 Å². The van der Waals surface area contributed by atoms with E-state index in [0.717, 1.165) is 5.52 Å². The molecule has 0 saturated carbocycles. The molecule has 0 spiro atoms. The maximum Gasteiger partial charge on any atom is 0.320 e. The molecule has 0 radical (unpaired) electrons. The molecule has 6 nitrogen and oxygen atoms in total. The maximum absolute atomic E-state index is 10.6. The molecule has 2 aromatic rings. The molecule has 82 valence electrons. The third-order valence-corrected chi connectivity index (χ3v) is 2.14. The smallest absolute Gasteiger partial charge is 0.320 e. The largest absolute Gasteiger partial charge is 0.480 e. The van der Waals surface area contributed by atoms with E-state index in [1.807, 2.05) is 0 Å². The Kier molecular flexibility index (Phi) is 2.74. The predicted molar refractivity (Wildman–Crippen MR) is 56.6 cm³/mol. The topological polar surface area (TPSA) is 102 Å². The molecule has 0 amide bonds. The number of fused-ring (bicyclic) bond motifs is 1. The number of carbonyl (C=O) groups is 1. The second-order valence-corrected chi connectivity index (χ2v) is 3.37. The minimum atomic E-state index is -1.05. The van der Waals surface area contributed by atoms with Gasteiger partial charge in [0.1, 0.15) is 11.6 Å². The summed E-state index contributed by atoms with van der Waals surface area (Å²) in [6, 6.07) is 0.784. The van der Waals surface area contributed by atoms with Crippen molar-refractivity contribution in [1.29, 1.82) is 0 Å². The summed E-state index contributed by atoms with van der Waals surface area (Å²) < 4.78 is 0. The minimum absolute atomic E-state index is 0.160. The van der Waals surface area contributed by atoms with E-state index in [0.29, 0.717) is 11.2 Å². The minimum Gasteiger partial charge on any atom is -0.480 e. The van der Waals surface area contributed by atoms with E-state index in [2.05, 4.69) is 15.0 Å². The molecule has 2 rings (SSSR count). The highest BCUT2D eigenvalue weighted by molar-refractivity contribution is 5.74. The lowest BCUT2D eigenvalue weighted by atomic mass is 10.2. The fourth-order valence-electron chi connectivity index (χ4n) is 1.31. The summed E-state index contributed by atoms with van der Waals surface area (Å²) >= 11 is 0. The fourth-order valence-corrected chi connectivity index (χ4v) is 1.31. The lowest BCUT2D eigenvalue weighted by Gasteiger charge is -2.05. The van der Waals surface area contributed by atoms with Crippen LogP contribution < -0.4 is 5.73 Å². The molecule has 0 aromatic carbocycles. The number of rotatable bonds is 3. The van der Waals surface area contributed by atoms with Gasteiger partial charge in [-0.15, -0.1) is 0 Å². The summed E-state index contributed by atoms with van der Waals surface area (Å²) in [7, 11) is 0. The molecular weight excluding hydrogens is 208 g/mol. The first-order valence-electron chi connectivity index (χ1n) is 4.71. The maximum atomic E-state index is 10.6. The van der Waals surface area contributed by atoms with Crippen LogP contribution in [0.3, 0.4) is 0 Å². The molecule has 0 saturated heterocycles. The number of aliphatic carboxylic acids is 1. The Labute approximate surface area is 91.2 Å². The highest BCUT2D eigenvalue weighted by Gasteiger charge is 2.13. The fraction of sp³-hybridized carbons (Fsp3) is 0.200. The molecule has 2 heterocycles. The Hall–Kier alpha value is -2.08. The Balaban J connectivity index is 2.29. The predicted octanol–water partition coefficient (Wildman–Crippen LogP) is -0.0208. The zero-order valence-corrected chi connectivity index (χ0v) is 8.37. The van der Waals surface area contributed by atoms with Crippen molar-refractivity contribution in [1.82, 2.24) is 15.0 Å². The van der Waals surface area contributed by atoms with Gasteiger partial charge < -0.3 is 10.8 Å². The van der Waals surface area contributed by atoms with Crippen molar-refractivity contribution in [2.75, 3.05) is 0 Å². The van der Waals surface area contributed by atoms with Gasteiger partial charge in [0.25, 0.3) is 0 Å². The van der Waals surface area contributed by atoms with Gasteiger partial charge in [-0.3, -0.25) is 14.8 Å². The van der Waals surface area contributed by atoms with Crippen molar-refractivity contribution in [2.45, 2.75) is 12.5 Å². The molecule has 0 aliphatic rings. The van der Waals surface area contributed by atoms with Gasteiger partial charge in [-0.1, -0.05) is 0 Å². The molecule has 1 unspecified atom stereocenters. The lowest BCUT2D eigenvalue weighted by molar-refractivity contribution is -0.138. The zero-order valence-electron chi connectivity index (χ0n) is 8.37. The number of pyridine rings is 1. The van der Waals surface area contributed by atoms with Crippen LogP contribution in [-0.4, -0.2) is 32.1 Å². The number of nitrogens with zero attached hydrogens (tertiary/aromatic N) is 3. The summed E-state index contributed by atoms with van der Waals surface area (Å²) in [5.74, 6) is -1.05. The van der Waals surface area contributed by atoms with Crippen LogP contribution in [0.15, 0.2) is 24.7 Å². The van der Waals surface area contributed by atoms with Gasteiger partial charge in [-0.05, 0) is 6.07 Å². The van der Waals surface area contributed by atoms with Crippen LogP contribution in [0.2, 0.25) is 0 Å². The van der Waals surface area contributed by atoms with Gasteiger partial charge in [0.05, 0.1) is 17.4 Å². The Morgan fingerprint density at radius 2 is 2.25 bits per heavy atom. The molecular formula is C10H10N4O2. The first-order valence-corrected chi connectivity index (χ1v) is 4.71. The molecule has 16 heavy (non-hydrogen) atoms. The van der Waals surface area contributed by atoms with E-state index in [4.69, 9.17) is 10.8 Å². The zero-order chi connectivity index (χ0) is 11.5. The van der Waals surface area contributed by atoms with Crippen molar-refractivity contribution in [3.05, 3.63) is 30.4 Å². The highest BCUT2D eigenvalue weighted by atomic mass is 16.4. The average molecular weight is 218 g/mol. The second kappa shape index (κ2) is 4.19. The monoisotopic (exact) mass is 218 g/mol. The van der Waals surface area contributed by atoms with Crippen molar-refractivity contribution in [2.24, 2.45) is 5.73 Å². The molecule has 0 aliphatic carbocycles. The summed E-state index contributed by atoms with van der Waals surface area (Å²) in [6.45, 7) is 0. The van der Waals surface area contributed by atoms with E-state index in [1.165, 1.54) is 6.20 Å². The molecule has 3 N–H and O–H groups in total. The van der Waals surface area contributed by atoms with Gasteiger partial charge in [0.15, 0.2) is 0 Å². The Bertz CT molecular complexity index is 529. The van der Waals surface area contributed by atoms with Crippen LogP contribution in [0.25, 0.3) is 11.0 Å². The number of hydrogen-bond donors (Lipinski definition) is 2. The quantitative estimate of drug-likeness (QED) is 0.750. The number of aromatic nitrogens is 3. The van der Waals surface area contributed by atoms with Crippen LogP contribution in [0.5, 0.6) is 0 Å². The van der Waals surface area contributed by atoms with Gasteiger partial charge in [-0.2, -0.15) is 0 Å². The van der Waals surface area contributed by atoms with Gasteiger partial charge in [0.2, 0.25) is 0 Å². The summed E-state index contributed by atoms with van der Waals surface area (Å²) in [5.41, 5.74) is 7.32. The normalized spacial score (nSPS) is 12.6. The number of hydrogen-bond acceptors (Lipinski definition) is 5. The lowest BCUT2D eigenvalue weighted by Crippen LogP contribution is -2.32. The van der Waals surface area contributed by atoms with E-state index in [-0.39, 0.29) is 6.42 Å². The van der Waals surface area contributed by atoms with E-state index >= 15 is 0 Å². The van der Waals surface area contributed by atoms with Crippen LogP contribution in [0, 0.1) is 0 Å². The molecule has 2 aromatic heterocycles. The van der Waals surface area contributed by atoms with Crippen LogP contribution in [-0.2, 0) is 11.2 Å². The third kappa shape index (κ3) is 2.12. The van der Waals surface area contributed by atoms with Crippen molar-refractivity contribution >= 4 is 17.0 Å². The summed E-state index contributed by atoms with van der Waals surface area (Å²) in [6.07, 6.45) is 4.90.